The van der Waals surface area contributed by atoms with Crippen molar-refractivity contribution in [3.05, 3.63) is 20.8 Å². The third-order valence-corrected chi connectivity index (χ3v) is 5.43. The molecule has 0 aromatic carbocycles. The monoisotopic (exact) mass is 287 g/mol. The van der Waals surface area contributed by atoms with E-state index >= 15 is 0 Å². The van der Waals surface area contributed by atoms with E-state index in [0.29, 0.717) is 6.04 Å². The Bertz CT molecular complexity index is 344. The van der Waals surface area contributed by atoms with Gasteiger partial charge in [-0.25, -0.2) is 0 Å². The summed E-state index contributed by atoms with van der Waals surface area (Å²) in [5.41, 5.74) is 1.21. The van der Waals surface area contributed by atoms with E-state index in [0.717, 1.165) is 17.5 Å². The molecule has 0 fully saturated rings. The molecule has 18 heavy (non-hydrogen) atoms. The van der Waals surface area contributed by atoms with E-state index in [4.69, 9.17) is 11.6 Å². The molecule has 1 unspecified atom stereocenters. The van der Waals surface area contributed by atoms with Gasteiger partial charge in [-0.1, -0.05) is 45.2 Å². The van der Waals surface area contributed by atoms with Gasteiger partial charge in [-0.05, 0) is 43.2 Å². The standard InChI is InChI=1S/C15H26ClNS/c1-5-8-17-13(9-12(6-2)7-3)15-14(16)11(4)10-18-15/h10,12-13,17H,5-9H2,1-4H3. The molecule has 0 spiro atoms. The van der Waals surface area contributed by atoms with Crippen LogP contribution in [0.2, 0.25) is 5.02 Å². The molecule has 1 atom stereocenters. The van der Waals surface area contributed by atoms with Gasteiger partial charge in [0.05, 0.1) is 5.02 Å². The first-order valence-electron chi connectivity index (χ1n) is 7.10. The molecule has 0 radical (unpaired) electrons. The Morgan fingerprint density at radius 1 is 1.28 bits per heavy atom. The maximum atomic E-state index is 6.42. The number of halogens is 1. The average Bonchev–Trinajstić information content (AvgIpc) is 2.71. The summed E-state index contributed by atoms with van der Waals surface area (Å²) in [6, 6.07) is 0.432. The number of aryl methyl sites for hydroxylation is 1. The molecule has 0 amide bonds. The van der Waals surface area contributed by atoms with Crippen molar-refractivity contribution in [3.63, 3.8) is 0 Å². The SMILES string of the molecule is CCCNC(CC(CC)CC)c1scc(C)c1Cl. The number of rotatable bonds is 8. The third-order valence-electron chi connectivity index (χ3n) is 3.61. The van der Waals surface area contributed by atoms with E-state index in [2.05, 4.69) is 38.4 Å². The van der Waals surface area contributed by atoms with Crippen LogP contribution >= 0.6 is 22.9 Å². The highest BCUT2D eigenvalue weighted by atomic mass is 35.5. The van der Waals surface area contributed by atoms with Gasteiger partial charge in [-0.2, -0.15) is 0 Å². The first-order chi connectivity index (χ1) is 8.63. The van der Waals surface area contributed by atoms with Crippen LogP contribution in [-0.2, 0) is 0 Å². The van der Waals surface area contributed by atoms with Gasteiger partial charge < -0.3 is 5.32 Å². The van der Waals surface area contributed by atoms with E-state index in [9.17, 15) is 0 Å². The third kappa shape index (κ3) is 4.25. The topological polar surface area (TPSA) is 12.0 Å². The minimum atomic E-state index is 0.432. The molecular weight excluding hydrogens is 262 g/mol. The minimum absolute atomic E-state index is 0.432. The molecule has 0 aliphatic carbocycles. The van der Waals surface area contributed by atoms with Crippen molar-refractivity contribution in [2.45, 2.75) is 59.4 Å². The molecule has 3 heteroatoms. The van der Waals surface area contributed by atoms with Gasteiger partial charge in [0, 0.05) is 10.9 Å². The van der Waals surface area contributed by atoms with Crippen molar-refractivity contribution in [2.75, 3.05) is 6.54 Å². The lowest BCUT2D eigenvalue weighted by Crippen LogP contribution is -2.24. The number of nitrogens with one attached hydrogen (secondary N) is 1. The van der Waals surface area contributed by atoms with Gasteiger partial charge >= 0.3 is 0 Å². The Balaban J connectivity index is 2.80. The zero-order valence-electron chi connectivity index (χ0n) is 12.1. The van der Waals surface area contributed by atoms with Crippen LogP contribution in [0, 0.1) is 12.8 Å². The van der Waals surface area contributed by atoms with E-state index < -0.39 is 0 Å². The molecular formula is C15H26ClNS. The second-order valence-corrected chi connectivity index (χ2v) is 6.31. The van der Waals surface area contributed by atoms with Crippen LogP contribution in [0.3, 0.4) is 0 Å². The van der Waals surface area contributed by atoms with Crippen LogP contribution in [0.25, 0.3) is 0 Å². The fraction of sp³-hybridized carbons (Fsp3) is 0.733. The fourth-order valence-electron chi connectivity index (χ4n) is 2.24. The van der Waals surface area contributed by atoms with Gasteiger partial charge in [0.1, 0.15) is 0 Å². The molecule has 0 saturated carbocycles. The van der Waals surface area contributed by atoms with E-state index in [1.54, 1.807) is 11.3 Å². The van der Waals surface area contributed by atoms with Crippen LogP contribution in [0.5, 0.6) is 0 Å². The summed E-state index contributed by atoms with van der Waals surface area (Å²) in [7, 11) is 0. The molecule has 1 aromatic heterocycles. The van der Waals surface area contributed by atoms with Crippen LogP contribution in [0.15, 0.2) is 5.38 Å². The highest BCUT2D eigenvalue weighted by Crippen LogP contribution is 2.36. The summed E-state index contributed by atoms with van der Waals surface area (Å²) in [6.45, 7) is 9.94. The molecule has 0 aliphatic heterocycles. The van der Waals surface area contributed by atoms with Crippen LogP contribution in [0.1, 0.15) is 62.9 Å². The summed E-state index contributed by atoms with van der Waals surface area (Å²) in [6.07, 6.45) is 4.87. The predicted octanol–water partition coefficient (Wildman–Crippen LogP) is 5.58. The Kier molecular flexibility index (Phi) is 7.28. The smallest absolute Gasteiger partial charge is 0.0590 e. The Hall–Kier alpha value is -0.0500. The normalized spacial score (nSPS) is 13.2. The fourth-order valence-corrected chi connectivity index (χ4v) is 3.66. The van der Waals surface area contributed by atoms with Crippen molar-refractivity contribution in [2.24, 2.45) is 5.92 Å². The van der Waals surface area contributed by atoms with Gasteiger partial charge in [-0.15, -0.1) is 11.3 Å². The zero-order valence-corrected chi connectivity index (χ0v) is 13.6. The average molecular weight is 288 g/mol. The van der Waals surface area contributed by atoms with E-state index in [1.807, 2.05) is 0 Å². The summed E-state index contributed by atoms with van der Waals surface area (Å²) in [5.74, 6) is 0.790. The van der Waals surface area contributed by atoms with Crippen LogP contribution < -0.4 is 5.32 Å². The largest absolute Gasteiger partial charge is 0.309 e. The Morgan fingerprint density at radius 3 is 2.39 bits per heavy atom. The second kappa shape index (κ2) is 8.19. The molecule has 0 saturated heterocycles. The lowest BCUT2D eigenvalue weighted by molar-refractivity contribution is 0.374. The molecule has 1 aromatic rings. The maximum absolute atomic E-state index is 6.42. The van der Waals surface area contributed by atoms with Crippen LogP contribution in [-0.4, -0.2) is 6.54 Å². The van der Waals surface area contributed by atoms with E-state index in [-0.39, 0.29) is 0 Å². The van der Waals surface area contributed by atoms with Crippen molar-refractivity contribution in [3.8, 4) is 0 Å². The predicted molar refractivity (Wildman–Crippen MR) is 83.8 cm³/mol. The quantitative estimate of drug-likeness (QED) is 0.658. The second-order valence-electron chi connectivity index (χ2n) is 5.02. The lowest BCUT2D eigenvalue weighted by atomic mass is 9.94. The summed E-state index contributed by atoms with van der Waals surface area (Å²) in [5, 5.41) is 6.81. The number of hydrogen-bond acceptors (Lipinski definition) is 2. The highest BCUT2D eigenvalue weighted by molar-refractivity contribution is 7.10. The zero-order chi connectivity index (χ0) is 13.5. The molecule has 0 aliphatic rings. The summed E-state index contributed by atoms with van der Waals surface area (Å²) in [4.78, 5) is 1.33. The van der Waals surface area contributed by atoms with Crippen molar-refractivity contribution < 1.29 is 0 Å². The lowest BCUT2D eigenvalue weighted by Gasteiger charge is -2.22. The first kappa shape index (κ1) is 16.0. The first-order valence-corrected chi connectivity index (χ1v) is 8.36. The van der Waals surface area contributed by atoms with Crippen molar-refractivity contribution in [1.29, 1.82) is 0 Å². The molecule has 1 rings (SSSR count). The van der Waals surface area contributed by atoms with Gasteiger partial charge in [0.15, 0.2) is 0 Å². The van der Waals surface area contributed by atoms with Gasteiger partial charge in [0.25, 0.3) is 0 Å². The Labute approximate surface area is 121 Å². The molecule has 1 heterocycles. The van der Waals surface area contributed by atoms with Crippen molar-refractivity contribution >= 4 is 22.9 Å². The number of thiophene rings is 1. The summed E-state index contributed by atoms with van der Waals surface area (Å²) < 4.78 is 0. The molecule has 104 valence electrons. The summed E-state index contributed by atoms with van der Waals surface area (Å²) >= 11 is 8.23. The van der Waals surface area contributed by atoms with Gasteiger partial charge in [-0.3, -0.25) is 0 Å². The Morgan fingerprint density at radius 2 is 1.94 bits per heavy atom. The minimum Gasteiger partial charge on any atom is -0.309 e. The van der Waals surface area contributed by atoms with Crippen molar-refractivity contribution in [1.82, 2.24) is 5.32 Å². The molecule has 0 bridgehead atoms. The highest BCUT2D eigenvalue weighted by Gasteiger charge is 2.20. The maximum Gasteiger partial charge on any atom is 0.0590 e. The van der Waals surface area contributed by atoms with Gasteiger partial charge in [0.2, 0.25) is 0 Å². The molecule has 1 N–H and O–H groups in total. The molecule has 1 nitrogen and oxygen atoms in total. The van der Waals surface area contributed by atoms with E-state index in [1.165, 1.54) is 36.1 Å². The number of hydrogen-bond donors (Lipinski definition) is 1. The van der Waals surface area contributed by atoms with Crippen LogP contribution in [0.4, 0.5) is 0 Å².